The molecule has 1 heterocycles. The third kappa shape index (κ3) is 3.97. The molecule has 0 amide bonds. The lowest BCUT2D eigenvalue weighted by molar-refractivity contribution is 0.115. The summed E-state index contributed by atoms with van der Waals surface area (Å²) in [6.07, 6.45) is 3.75. The van der Waals surface area contributed by atoms with Crippen molar-refractivity contribution in [2.75, 3.05) is 24.6 Å². The van der Waals surface area contributed by atoms with Crippen molar-refractivity contribution < 1.29 is 4.74 Å². The fourth-order valence-corrected chi connectivity index (χ4v) is 2.90. The SMILES string of the molecule is CCN(CC1CCCO1)c1ccc(CC(C)N)c(C)c1. The zero-order chi connectivity index (χ0) is 14.5. The van der Waals surface area contributed by atoms with Gasteiger partial charge in [-0.05, 0) is 63.3 Å². The Bertz CT molecular complexity index is 425. The molecule has 1 aliphatic heterocycles. The van der Waals surface area contributed by atoms with E-state index in [0.717, 1.165) is 26.1 Å². The minimum absolute atomic E-state index is 0.216. The molecule has 0 saturated carbocycles. The number of aryl methyl sites for hydroxylation is 1. The van der Waals surface area contributed by atoms with E-state index >= 15 is 0 Å². The van der Waals surface area contributed by atoms with Gasteiger partial charge in [-0.25, -0.2) is 0 Å². The summed E-state index contributed by atoms with van der Waals surface area (Å²) >= 11 is 0. The highest BCUT2D eigenvalue weighted by Gasteiger charge is 2.19. The van der Waals surface area contributed by atoms with Gasteiger partial charge in [0, 0.05) is 31.4 Å². The number of nitrogens with zero attached hydrogens (tertiary/aromatic N) is 1. The molecule has 3 heteroatoms. The molecule has 2 rings (SSSR count). The zero-order valence-electron chi connectivity index (χ0n) is 13.1. The van der Waals surface area contributed by atoms with Crippen LogP contribution in [0.25, 0.3) is 0 Å². The maximum Gasteiger partial charge on any atom is 0.0750 e. The molecule has 0 bridgehead atoms. The first kappa shape index (κ1) is 15.3. The molecule has 1 fully saturated rings. The first-order valence-electron chi connectivity index (χ1n) is 7.81. The van der Waals surface area contributed by atoms with Crippen molar-refractivity contribution in [1.29, 1.82) is 0 Å². The molecule has 3 nitrogen and oxygen atoms in total. The molecule has 0 spiro atoms. The van der Waals surface area contributed by atoms with Crippen molar-refractivity contribution in [3.8, 4) is 0 Å². The quantitative estimate of drug-likeness (QED) is 0.868. The summed E-state index contributed by atoms with van der Waals surface area (Å²) in [4.78, 5) is 2.42. The molecule has 2 atom stereocenters. The monoisotopic (exact) mass is 276 g/mol. The molecule has 2 unspecified atom stereocenters. The van der Waals surface area contributed by atoms with E-state index in [0.29, 0.717) is 6.10 Å². The van der Waals surface area contributed by atoms with E-state index in [9.17, 15) is 0 Å². The van der Waals surface area contributed by atoms with Gasteiger partial charge in [0.25, 0.3) is 0 Å². The highest BCUT2D eigenvalue weighted by molar-refractivity contribution is 5.51. The van der Waals surface area contributed by atoms with Crippen molar-refractivity contribution in [3.05, 3.63) is 29.3 Å². The maximum absolute atomic E-state index is 5.90. The van der Waals surface area contributed by atoms with E-state index in [2.05, 4.69) is 43.9 Å². The number of hydrogen-bond acceptors (Lipinski definition) is 3. The number of likely N-dealkylation sites (N-methyl/N-ethyl adjacent to an activating group) is 1. The Hall–Kier alpha value is -1.06. The minimum atomic E-state index is 0.216. The third-order valence-electron chi connectivity index (χ3n) is 4.06. The van der Waals surface area contributed by atoms with Crippen molar-refractivity contribution in [3.63, 3.8) is 0 Å². The van der Waals surface area contributed by atoms with Gasteiger partial charge in [0.2, 0.25) is 0 Å². The normalized spacial score (nSPS) is 20.1. The van der Waals surface area contributed by atoms with Gasteiger partial charge in [0.15, 0.2) is 0 Å². The number of hydrogen-bond donors (Lipinski definition) is 1. The zero-order valence-corrected chi connectivity index (χ0v) is 13.1. The van der Waals surface area contributed by atoms with E-state index in [1.807, 2.05) is 0 Å². The molecular weight excluding hydrogens is 248 g/mol. The Kier molecular flexibility index (Phi) is 5.44. The average molecular weight is 276 g/mol. The second-order valence-corrected chi connectivity index (χ2v) is 5.97. The number of ether oxygens (including phenoxy) is 1. The van der Waals surface area contributed by atoms with Crippen LogP contribution in [0.2, 0.25) is 0 Å². The van der Waals surface area contributed by atoms with Gasteiger partial charge in [-0.3, -0.25) is 0 Å². The molecule has 20 heavy (non-hydrogen) atoms. The van der Waals surface area contributed by atoms with Gasteiger partial charge in [-0.1, -0.05) is 6.07 Å². The second kappa shape index (κ2) is 7.09. The molecule has 0 aliphatic carbocycles. The van der Waals surface area contributed by atoms with Crippen molar-refractivity contribution in [1.82, 2.24) is 0 Å². The largest absolute Gasteiger partial charge is 0.376 e. The Balaban J connectivity index is 2.07. The molecule has 112 valence electrons. The van der Waals surface area contributed by atoms with Crippen LogP contribution in [0.1, 0.15) is 37.8 Å². The first-order chi connectivity index (χ1) is 9.60. The van der Waals surface area contributed by atoms with Crippen LogP contribution in [0.4, 0.5) is 5.69 Å². The van der Waals surface area contributed by atoms with Gasteiger partial charge in [0.05, 0.1) is 6.10 Å². The van der Waals surface area contributed by atoms with E-state index < -0.39 is 0 Å². The van der Waals surface area contributed by atoms with Crippen LogP contribution in [-0.2, 0) is 11.2 Å². The first-order valence-corrected chi connectivity index (χ1v) is 7.81. The van der Waals surface area contributed by atoms with Gasteiger partial charge >= 0.3 is 0 Å². The summed E-state index contributed by atoms with van der Waals surface area (Å²) in [5, 5.41) is 0. The molecule has 1 aromatic carbocycles. The van der Waals surface area contributed by atoms with E-state index in [1.54, 1.807) is 0 Å². The summed E-state index contributed by atoms with van der Waals surface area (Å²) in [5.74, 6) is 0. The Morgan fingerprint density at radius 2 is 2.25 bits per heavy atom. The second-order valence-electron chi connectivity index (χ2n) is 5.97. The van der Waals surface area contributed by atoms with Gasteiger partial charge in [-0.15, -0.1) is 0 Å². The standard InChI is InChI=1S/C17H28N2O/c1-4-19(12-17-6-5-9-20-17)16-8-7-15(11-14(3)18)13(2)10-16/h7-8,10,14,17H,4-6,9,11-12,18H2,1-3H3. The topological polar surface area (TPSA) is 38.5 Å². The van der Waals surface area contributed by atoms with Crippen LogP contribution in [0.3, 0.4) is 0 Å². The molecule has 0 radical (unpaired) electrons. The maximum atomic E-state index is 5.90. The van der Waals surface area contributed by atoms with Crippen LogP contribution >= 0.6 is 0 Å². The van der Waals surface area contributed by atoms with Gasteiger partial charge < -0.3 is 15.4 Å². The minimum Gasteiger partial charge on any atom is -0.376 e. The van der Waals surface area contributed by atoms with Crippen molar-refractivity contribution in [2.24, 2.45) is 5.73 Å². The van der Waals surface area contributed by atoms with Crippen molar-refractivity contribution >= 4 is 5.69 Å². The van der Waals surface area contributed by atoms with E-state index in [1.165, 1.54) is 29.7 Å². The molecule has 1 aromatic rings. The summed E-state index contributed by atoms with van der Waals surface area (Å²) in [6.45, 7) is 9.40. The smallest absolute Gasteiger partial charge is 0.0750 e. The predicted molar refractivity (Wildman–Crippen MR) is 85.4 cm³/mol. The fourth-order valence-electron chi connectivity index (χ4n) is 2.90. The number of benzene rings is 1. The van der Waals surface area contributed by atoms with Crippen LogP contribution in [0, 0.1) is 6.92 Å². The molecule has 1 saturated heterocycles. The third-order valence-corrected chi connectivity index (χ3v) is 4.06. The Labute approximate surface area is 123 Å². The average Bonchev–Trinajstić information content (AvgIpc) is 2.91. The van der Waals surface area contributed by atoms with Crippen LogP contribution in [0.5, 0.6) is 0 Å². The van der Waals surface area contributed by atoms with Crippen LogP contribution in [-0.4, -0.2) is 31.8 Å². The fraction of sp³-hybridized carbons (Fsp3) is 0.647. The molecular formula is C17H28N2O. The Morgan fingerprint density at radius 1 is 1.45 bits per heavy atom. The molecule has 2 N–H and O–H groups in total. The van der Waals surface area contributed by atoms with Crippen molar-refractivity contribution in [2.45, 2.75) is 52.2 Å². The van der Waals surface area contributed by atoms with E-state index in [-0.39, 0.29) is 6.04 Å². The molecule has 0 aromatic heterocycles. The van der Waals surface area contributed by atoms with Gasteiger partial charge in [-0.2, -0.15) is 0 Å². The number of anilines is 1. The lowest BCUT2D eigenvalue weighted by Gasteiger charge is -2.27. The van der Waals surface area contributed by atoms with Crippen LogP contribution in [0.15, 0.2) is 18.2 Å². The summed E-state index contributed by atoms with van der Waals surface area (Å²) in [7, 11) is 0. The summed E-state index contributed by atoms with van der Waals surface area (Å²) in [5.41, 5.74) is 9.90. The van der Waals surface area contributed by atoms with E-state index in [4.69, 9.17) is 10.5 Å². The lowest BCUT2D eigenvalue weighted by Crippen LogP contribution is -2.32. The summed E-state index contributed by atoms with van der Waals surface area (Å²) < 4.78 is 5.76. The number of nitrogens with two attached hydrogens (primary N) is 1. The Morgan fingerprint density at radius 3 is 2.80 bits per heavy atom. The number of rotatable bonds is 6. The van der Waals surface area contributed by atoms with Crippen LogP contribution < -0.4 is 10.6 Å². The lowest BCUT2D eigenvalue weighted by atomic mass is 10.0. The predicted octanol–water partition coefficient (Wildman–Crippen LogP) is 2.89. The molecule has 1 aliphatic rings. The highest BCUT2D eigenvalue weighted by Crippen LogP contribution is 2.22. The van der Waals surface area contributed by atoms with Gasteiger partial charge in [0.1, 0.15) is 0 Å². The summed E-state index contributed by atoms with van der Waals surface area (Å²) in [6, 6.07) is 6.96. The highest BCUT2D eigenvalue weighted by atomic mass is 16.5.